The lowest BCUT2D eigenvalue weighted by Gasteiger charge is -2.19. The molecule has 2 N–H and O–H groups in total. The Morgan fingerprint density at radius 2 is 1.75 bits per heavy atom. The first-order chi connectivity index (χ1) is 15.5. The lowest BCUT2D eigenvalue weighted by Crippen LogP contribution is -2.32. The molecule has 0 bridgehead atoms. The van der Waals surface area contributed by atoms with E-state index < -0.39 is 10.0 Å². The van der Waals surface area contributed by atoms with Crippen molar-refractivity contribution < 1.29 is 22.0 Å². The quantitative estimate of drug-likeness (QED) is 0.511. The molecular weight excluding hydrogens is 432 g/mol. The molecule has 1 aromatic carbocycles. The van der Waals surface area contributed by atoms with E-state index in [4.69, 9.17) is 8.83 Å². The summed E-state index contributed by atoms with van der Waals surface area (Å²) in [4.78, 5) is 18.8. The average molecular weight is 457 g/mol. The normalized spacial score (nSPS) is 13.8. The molecule has 3 heterocycles. The summed E-state index contributed by atoms with van der Waals surface area (Å²) >= 11 is 0. The zero-order valence-corrected chi connectivity index (χ0v) is 18.2. The minimum atomic E-state index is -3.76. The lowest BCUT2D eigenvalue weighted by atomic mass is 10.3. The van der Waals surface area contributed by atoms with Gasteiger partial charge in [-0.2, -0.15) is 0 Å². The predicted octanol–water partition coefficient (Wildman–Crippen LogP) is 2.98. The Kier molecular flexibility index (Phi) is 6.72. The molecule has 2 aromatic heterocycles. The van der Waals surface area contributed by atoms with Crippen LogP contribution in [0.4, 0.5) is 5.69 Å². The van der Waals surface area contributed by atoms with E-state index in [0.717, 1.165) is 17.9 Å². The van der Waals surface area contributed by atoms with Crippen molar-refractivity contribution in [2.24, 2.45) is 4.99 Å². The molecule has 0 unspecified atom stereocenters. The second kappa shape index (κ2) is 9.84. The van der Waals surface area contributed by atoms with Crippen molar-refractivity contribution in [3.05, 3.63) is 72.6 Å². The predicted molar refractivity (Wildman–Crippen MR) is 118 cm³/mol. The van der Waals surface area contributed by atoms with Gasteiger partial charge in [-0.15, -0.1) is 0 Å². The molecule has 4 rings (SSSR count). The van der Waals surface area contributed by atoms with Crippen LogP contribution in [0.2, 0.25) is 0 Å². The third kappa shape index (κ3) is 5.86. The Labute approximate surface area is 186 Å². The van der Waals surface area contributed by atoms with Gasteiger partial charge in [-0.25, -0.2) is 8.42 Å². The van der Waals surface area contributed by atoms with Gasteiger partial charge in [-0.1, -0.05) is 6.07 Å². The highest BCUT2D eigenvalue weighted by molar-refractivity contribution is 7.90. The van der Waals surface area contributed by atoms with E-state index in [9.17, 15) is 13.2 Å². The number of rotatable bonds is 9. The van der Waals surface area contributed by atoms with Crippen LogP contribution >= 0.6 is 0 Å². The molecule has 0 radical (unpaired) electrons. The summed E-state index contributed by atoms with van der Waals surface area (Å²) in [5.41, 5.74) is 0.391. The Morgan fingerprint density at radius 1 is 1.03 bits per heavy atom. The van der Waals surface area contributed by atoms with E-state index in [-0.39, 0.29) is 17.3 Å². The first-order valence-electron chi connectivity index (χ1n) is 10.2. The number of nitrogens with one attached hydrogen (secondary N) is 2. The average Bonchev–Trinajstić information content (AvgIpc) is 3.52. The smallest absolute Gasteiger partial charge is 0.262 e. The van der Waals surface area contributed by atoms with Crippen molar-refractivity contribution in [2.75, 3.05) is 18.4 Å². The van der Waals surface area contributed by atoms with Crippen molar-refractivity contribution in [3.8, 4) is 0 Å². The highest BCUT2D eigenvalue weighted by Crippen LogP contribution is 2.17. The van der Waals surface area contributed by atoms with E-state index in [2.05, 4.69) is 15.0 Å². The monoisotopic (exact) mass is 456 g/mol. The molecule has 1 aliphatic rings. The number of nitrogens with zero attached hydrogens (tertiary/aromatic N) is 2. The third-order valence-corrected chi connectivity index (χ3v) is 6.22. The van der Waals surface area contributed by atoms with Crippen LogP contribution in [-0.2, 0) is 27.9 Å². The second-order valence-electron chi connectivity index (χ2n) is 7.42. The highest BCUT2D eigenvalue weighted by Gasteiger charge is 2.19. The largest absolute Gasteiger partial charge is 0.468 e. The number of carbonyl (C=O) groups is 1. The van der Waals surface area contributed by atoms with Gasteiger partial charge < -0.3 is 14.2 Å². The molecule has 9 nitrogen and oxygen atoms in total. The van der Waals surface area contributed by atoms with E-state index in [1.54, 1.807) is 36.8 Å². The molecule has 3 aromatic rings. The van der Waals surface area contributed by atoms with Crippen LogP contribution in [-0.4, -0.2) is 38.2 Å². The summed E-state index contributed by atoms with van der Waals surface area (Å²) in [5.74, 6) is 1.62. The number of hydrogen-bond acceptors (Lipinski definition) is 7. The highest BCUT2D eigenvalue weighted by atomic mass is 32.2. The van der Waals surface area contributed by atoms with Gasteiger partial charge in [0, 0.05) is 18.7 Å². The van der Waals surface area contributed by atoms with Crippen LogP contribution < -0.4 is 10.0 Å². The van der Waals surface area contributed by atoms with Gasteiger partial charge in [-0.3, -0.25) is 19.4 Å². The summed E-state index contributed by atoms with van der Waals surface area (Å²) in [7, 11) is -3.76. The zero-order chi connectivity index (χ0) is 22.4. The molecule has 0 aliphatic carbocycles. The van der Waals surface area contributed by atoms with Crippen LogP contribution in [0.25, 0.3) is 0 Å². The van der Waals surface area contributed by atoms with Gasteiger partial charge in [0.2, 0.25) is 5.91 Å². The summed E-state index contributed by atoms with van der Waals surface area (Å²) in [6, 6.07) is 13.4. The molecule has 1 amide bonds. The number of aliphatic imine (C=N–C) groups is 1. The molecule has 0 fully saturated rings. The van der Waals surface area contributed by atoms with E-state index in [1.807, 2.05) is 17.0 Å². The Hall–Kier alpha value is -3.37. The van der Waals surface area contributed by atoms with Crippen molar-refractivity contribution >= 4 is 27.5 Å². The van der Waals surface area contributed by atoms with Crippen molar-refractivity contribution in [2.45, 2.75) is 30.8 Å². The Bertz CT molecular complexity index is 1130. The van der Waals surface area contributed by atoms with Crippen molar-refractivity contribution in [1.82, 2.24) is 9.62 Å². The number of furan rings is 2. The number of amides is 1. The molecule has 168 valence electrons. The van der Waals surface area contributed by atoms with Gasteiger partial charge in [0.15, 0.2) is 0 Å². The number of amidine groups is 1. The fraction of sp³-hybridized carbons (Fsp3) is 0.273. The van der Waals surface area contributed by atoms with Gasteiger partial charge in [-0.05, 0) is 48.9 Å². The fourth-order valence-corrected chi connectivity index (χ4v) is 4.53. The molecular formula is C22H24N4O5S. The molecule has 0 saturated carbocycles. The summed E-state index contributed by atoms with van der Waals surface area (Å²) in [6.07, 6.45) is 4.60. The number of benzene rings is 1. The topological polar surface area (TPSA) is 117 Å². The Morgan fingerprint density at radius 3 is 2.34 bits per heavy atom. The zero-order valence-electron chi connectivity index (χ0n) is 17.4. The van der Waals surface area contributed by atoms with Crippen LogP contribution in [0.3, 0.4) is 0 Å². The first kappa shape index (κ1) is 21.8. The summed E-state index contributed by atoms with van der Waals surface area (Å²) in [5, 5.41) is 2.77. The molecule has 32 heavy (non-hydrogen) atoms. The van der Waals surface area contributed by atoms with Crippen molar-refractivity contribution in [3.63, 3.8) is 0 Å². The van der Waals surface area contributed by atoms with E-state index >= 15 is 0 Å². The van der Waals surface area contributed by atoms with Gasteiger partial charge >= 0.3 is 0 Å². The molecule has 1 aliphatic heterocycles. The van der Waals surface area contributed by atoms with Crippen LogP contribution in [0.15, 0.2) is 79.8 Å². The number of carbonyl (C=O) groups excluding carboxylic acids is 1. The van der Waals surface area contributed by atoms with E-state index in [1.165, 1.54) is 12.1 Å². The summed E-state index contributed by atoms with van der Waals surface area (Å²) in [6.45, 7) is 1.52. The van der Waals surface area contributed by atoms with Gasteiger partial charge in [0.1, 0.15) is 17.4 Å². The molecule has 10 heteroatoms. The maximum absolute atomic E-state index is 12.7. The van der Waals surface area contributed by atoms with Gasteiger partial charge in [0.05, 0.1) is 37.1 Å². The maximum Gasteiger partial charge on any atom is 0.262 e. The number of anilines is 1. The van der Waals surface area contributed by atoms with Crippen LogP contribution in [0.1, 0.15) is 24.4 Å². The third-order valence-electron chi connectivity index (χ3n) is 4.84. The maximum atomic E-state index is 12.7. The molecule has 0 saturated heterocycles. The summed E-state index contributed by atoms with van der Waals surface area (Å²) < 4.78 is 38.6. The minimum absolute atomic E-state index is 0.0629. The van der Waals surface area contributed by atoms with Crippen LogP contribution in [0, 0.1) is 0 Å². The number of hydrogen-bond donors (Lipinski definition) is 2. The fourth-order valence-electron chi connectivity index (χ4n) is 3.40. The molecule has 0 atom stereocenters. The second-order valence-corrected chi connectivity index (χ2v) is 9.10. The standard InChI is InChI=1S/C22H24N4O5S/c27-22(16-26(14-18-6-3-11-30-18)15-19-7-4-12-31-19)24-17-5-1-8-20(13-17)32(28,29)25-21-9-2-10-23-21/h1,3-8,11-13H,2,9-10,14-16H2,(H,23,25)(H,24,27). The minimum Gasteiger partial charge on any atom is -0.468 e. The van der Waals surface area contributed by atoms with E-state index in [0.29, 0.717) is 37.6 Å². The first-order valence-corrected chi connectivity index (χ1v) is 11.7. The molecule has 0 spiro atoms. The SMILES string of the molecule is O=C(CN(Cc1ccco1)Cc1ccco1)Nc1cccc(S(=O)(=O)NC2=NCCC2)c1. The van der Waals surface area contributed by atoms with Crippen molar-refractivity contribution in [1.29, 1.82) is 0 Å². The van der Waals surface area contributed by atoms with Crippen LogP contribution in [0.5, 0.6) is 0 Å². The van der Waals surface area contributed by atoms with Gasteiger partial charge in [0.25, 0.3) is 10.0 Å². The lowest BCUT2D eigenvalue weighted by molar-refractivity contribution is -0.117. The Balaban J connectivity index is 1.42. The number of sulfonamides is 1.